The van der Waals surface area contributed by atoms with Gasteiger partial charge >= 0.3 is 0 Å². The van der Waals surface area contributed by atoms with E-state index in [4.69, 9.17) is 5.73 Å². The zero-order chi connectivity index (χ0) is 9.97. The zero-order valence-corrected chi connectivity index (χ0v) is 9.57. The van der Waals surface area contributed by atoms with Gasteiger partial charge in [0.1, 0.15) is 0 Å². The van der Waals surface area contributed by atoms with Gasteiger partial charge in [-0.2, -0.15) is 0 Å². The highest BCUT2D eigenvalue weighted by molar-refractivity contribution is 7.11. The highest BCUT2D eigenvalue weighted by atomic mass is 32.1. The molecule has 0 aromatic carbocycles. The molecule has 0 spiro atoms. The Hall–Kier alpha value is -0.410. The van der Waals surface area contributed by atoms with Crippen LogP contribution in [0.5, 0.6) is 0 Å². The Bertz CT molecular complexity index is 300. The molecule has 0 unspecified atom stereocenters. The van der Waals surface area contributed by atoms with Crippen LogP contribution >= 0.6 is 11.3 Å². The van der Waals surface area contributed by atoms with Crippen LogP contribution in [0.4, 0.5) is 0 Å². The van der Waals surface area contributed by atoms with Crippen LogP contribution in [0.1, 0.15) is 47.2 Å². The SMILES string of the molecule is Cc1nc(CCN)c(C2CCCC2)s1. The predicted octanol–water partition coefficient (Wildman–Crippen LogP) is 2.61. The van der Waals surface area contributed by atoms with E-state index in [2.05, 4.69) is 11.9 Å². The summed E-state index contributed by atoms with van der Waals surface area (Å²) < 4.78 is 0. The Morgan fingerprint density at radius 2 is 2.14 bits per heavy atom. The van der Waals surface area contributed by atoms with Gasteiger partial charge in [-0.25, -0.2) is 4.98 Å². The molecule has 1 aliphatic carbocycles. The zero-order valence-electron chi connectivity index (χ0n) is 8.75. The molecule has 1 aromatic heterocycles. The van der Waals surface area contributed by atoms with E-state index in [0.29, 0.717) is 0 Å². The van der Waals surface area contributed by atoms with E-state index in [1.807, 2.05) is 11.3 Å². The molecular weight excluding hydrogens is 192 g/mol. The smallest absolute Gasteiger partial charge is 0.0900 e. The largest absolute Gasteiger partial charge is 0.330 e. The first kappa shape index (κ1) is 10.1. The van der Waals surface area contributed by atoms with Crippen molar-refractivity contribution in [2.45, 2.75) is 44.9 Å². The Balaban J connectivity index is 2.21. The maximum Gasteiger partial charge on any atom is 0.0900 e. The lowest BCUT2D eigenvalue weighted by molar-refractivity contribution is 0.720. The maximum atomic E-state index is 5.60. The van der Waals surface area contributed by atoms with Crippen LogP contribution in [-0.2, 0) is 6.42 Å². The summed E-state index contributed by atoms with van der Waals surface area (Å²) in [5.74, 6) is 0.794. The molecule has 0 amide bonds. The van der Waals surface area contributed by atoms with E-state index in [1.54, 1.807) is 0 Å². The van der Waals surface area contributed by atoms with Gasteiger partial charge in [0.05, 0.1) is 10.7 Å². The van der Waals surface area contributed by atoms with Gasteiger partial charge in [0.2, 0.25) is 0 Å². The van der Waals surface area contributed by atoms with Crippen molar-refractivity contribution in [2.75, 3.05) is 6.54 Å². The van der Waals surface area contributed by atoms with Crippen LogP contribution in [0.3, 0.4) is 0 Å². The van der Waals surface area contributed by atoms with Crippen LogP contribution in [0.2, 0.25) is 0 Å². The molecule has 3 heteroatoms. The lowest BCUT2D eigenvalue weighted by Crippen LogP contribution is -2.06. The molecule has 1 heterocycles. The number of hydrogen-bond acceptors (Lipinski definition) is 3. The van der Waals surface area contributed by atoms with Gasteiger partial charge in [-0.15, -0.1) is 11.3 Å². The van der Waals surface area contributed by atoms with Crippen molar-refractivity contribution in [1.29, 1.82) is 0 Å². The van der Waals surface area contributed by atoms with Crippen molar-refractivity contribution in [3.05, 3.63) is 15.6 Å². The molecule has 0 saturated heterocycles. The van der Waals surface area contributed by atoms with Crippen LogP contribution in [0, 0.1) is 6.92 Å². The molecule has 2 rings (SSSR count). The fourth-order valence-electron chi connectivity index (χ4n) is 2.31. The summed E-state index contributed by atoms with van der Waals surface area (Å²) in [5, 5.41) is 1.20. The molecule has 78 valence electrons. The van der Waals surface area contributed by atoms with E-state index in [-0.39, 0.29) is 0 Å². The quantitative estimate of drug-likeness (QED) is 0.833. The van der Waals surface area contributed by atoms with E-state index >= 15 is 0 Å². The molecule has 14 heavy (non-hydrogen) atoms. The third kappa shape index (κ3) is 1.98. The maximum absolute atomic E-state index is 5.60. The minimum atomic E-state index is 0.725. The minimum absolute atomic E-state index is 0.725. The molecule has 0 atom stereocenters. The number of hydrogen-bond donors (Lipinski definition) is 1. The second-order valence-corrected chi connectivity index (χ2v) is 5.30. The van der Waals surface area contributed by atoms with Crippen LogP contribution in [-0.4, -0.2) is 11.5 Å². The van der Waals surface area contributed by atoms with Gasteiger partial charge in [-0.1, -0.05) is 12.8 Å². The number of nitrogens with two attached hydrogens (primary N) is 1. The van der Waals surface area contributed by atoms with Crippen molar-refractivity contribution in [3.63, 3.8) is 0 Å². The third-order valence-electron chi connectivity index (χ3n) is 2.94. The van der Waals surface area contributed by atoms with Crippen molar-refractivity contribution in [3.8, 4) is 0 Å². The Morgan fingerprint density at radius 1 is 1.43 bits per heavy atom. The Kier molecular flexibility index (Phi) is 3.19. The molecule has 1 fully saturated rings. The van der Waals surface area contributed by atoms with Crippen LogP contribution in [0.25, 0.3) is 0 Å². The van der Waals surface area contributed by atoms with E-state index < -0.39 is 0 Å². The monoisotopic (exact) mass is 210 g/mol. The fraction of sp³-hybridized carbons (Fsp3) is 0.727. The van der Waals surface area contributed by atoms with Crippen molar-refractivity contribution >= 4 is 11.3 Å². The van der Waals surface area contributed by atoms with Crippen LogP contribution < -0.4 is 5.73 Å². The summed E-state index contributed by atoms with van der Waals surface area (Å²) in [6.45, 7) is 2.83. The molecule has 1 saturated carbocycles. The summed E-state index contributed by atoms with van der Waals surface area (Å²) in [7, 11) is 0. The molecule has 0 radical (unpaired) electrons. The lowest BCUT2D eigenvalue weighted by atomic mass is 10.0. The third-order valence-corrected chi connectivity index (χ3v) is 4.12. The number of thiazole rings is 1. The van der Waals surface area contributed by atoms with Gasteiger partial charge in [0.25, 0.3) is 0 Å². The average molecular weight is 210 g/mol. The Morgan fingerprint density at radius 3 is 2.79 bits per heavy atom. The normalized spacial score (nSPS) is 17.9. The minimum Gasteiger partial charge on any atom is -0.330 e. The van der Waals surface area contributed by atoms with Gasteiger partial charge in [0, 0.05) is 11.3 Å². The molecule has 2 nitrogen and oxygen atoms in total. The van der Waals surface area contributed by atoms with Gasteiger partial charge < -0.3 is 5.73 Å². The molecule has 1 aromatic rings. The molecule has 1 aliphatic rings. The fourth-order valence-corrected chi connectivity index (χ4v) is 3.45. The first-order valence-electron chi connectivity index (χ1n) is 5.47. The Labute approximate surface area is 89.5 Å². The first-order valence-corrected chi connectivity index (χ1v) is 6.29. The van der Waals surface area contributed by atoms with E-state index in [0.717, 1.165) is 18.9 Å². The lowest BCUT2D eigenvalue weighted by Gasteiger charge is -2.07. The molecular formula is C11H18N2S. The van der Waals surface area contributed by atoms with Crippen molar-refractivity contribution in [1.82, 2.24) is 4.98 Å². The number of aryl methyl sites for hydroxylation is 1. The summed E-state index contributed by atoms with van der Waals surface area (Å²) in [4.78, 5) is 6.12. The number of rotatable bonds is 3. The summed E-state index contributed by atoms with van der Waals surface area (Å²) in [6, 6.07) is 0. The van der Waals surface area contributed by atoms with Crippen molar-refractivity contribution < 1.29 is 0 Å². The topological polar surface area (TPSA) is 38.9 Å². The van der Waals surface area contributed by atoms with Gasteiger partial charge in [-0.3, -0.25) is 0 Å². The highest BCUT2D eigenvalue weighted by Crippen LogP contribution is 2.38. The molecule has 2 N–H and O–H groups in total. The predicted molar refractivity (Wildman–Crippen MR) is 60.8 cm³/mol. The van der Waals surface area contributed by atoms with Crippen LogP contribution in [0.15, 0.2) is 0 Å². The molecule has 0 aliphatic heterocycles. The summed E-state index contributed by atoms with van der Waals surface area (Å²) in [5.41, 5.74) is 6.88. The standard InChI is InChI=1S/C11H18N2S/c1-8-13-10(6-7-12)11(14-8)9-4-2-3-5-9/h9H,2-7,12H2,1H3. The van der Waals surface area contributed by atoms with Gasteiger partial charge in [-0.05, 0) is 32.2 Å². The van der Waals surface area contributed by atoms with E-state index in [9.17, 15) is 0 Å². The number of aromatic nitrogens is 1. The van der Waals surface area contributed by atoms with E-state index in [1.165, 1.54) is 41.3 Å². The average Bonchev–Trinajstić information content (AvgIpc) is 2.74. The summed E-state index contributed by atoms with van der Waals surface area (Å²) in [6.07, 6.45) is 6.46. The number of nitrogens with zero attached hydrogens (tertiary/aromatic N) is 1. The highest BCUT2D eigenvalue weighted by Gasteiger charge is 2.22. The second-order valence-electron chi connectivity index (χ2n) is 4.06. The second kappa shape index (κ2) is 4.41. The molecule has 0 bridgehead atoms. The van der Waals surface area contributed by atoms with Gasteiger partial charge in [0.15, 0.2) is 0 Å². The van der Waals surface area contributed by atoms with Crippen molar-refractivity contribution in [2.24, 2.45) is 5.73 Å². The summed E-state index contributed by atoms with van der Waals surface area (Å²) >= 11 is 1.88. The first-order chi connectivity index (χ1) is 6.81.